The Labute approximate surface area is 95.6 Å². The Bertz CT molecular complexity index is 466. The van der Waals surface area contributed by atoms with E-state index < -0.39 is 0 Å². The van der Waals surface area contributed by atoms with Crippen LogP contribution in [0.1, 0.15) is 11.3 Å². The largest absolute Gasteiger partial charge is 0.314 e. The maximum atomic E-state index is 4.35. The zero-order valence-corrected chi connectivity index (χ0v) is 9.57. The summed E-state index contributed by atoms with van der Waals surface area (Å²) in [5, 5.41) is 3.11. The molecule has 16 heavy (non-hydrogen) atoms. The second-order valence-corrected chi connectivity index (χ2v) is 3.69. The molecule has 2 aromatic rings. The first-order valence-corrected chi connectivity index (χ1v) is 5.33. The van der Waals surface area contributed by atoms with E-state index in [0.29, 0.717) is 0 Å². The lowest BCUT2D eigenvalue weighted by Crippen LogP contribution is -2.09. The van der Waals surface area contributed by atoms with Crippen LogP contribution >= 0.6 is 0 Å². The van der Waals surface area contributed by atoms with E-state index in [2.05, 4.69) is 34.3 Å². The fourth-order valence-electron chi connectivity index (χ4n) is 1.72. The lowest BCUT2D eigenvalue weighted by atomic mass is 10.1. The maximum Gasteiger partial charge on any atom is 0.116 e. The van der Waals surface area contributed by atoms with Gasteiger partial charge in [0.15, 0.2) is 0 Å². The third-order valence-corrected chi connectivity index (χ3v) is 2.58. The van der Waals surface area contributed by atoms with Crippen molar-refractivity contribution in [3.05, 3.63) is 47.9 Å². The van der Waals surface area contributed by atoms with Crippen LogP contribution in [-0.2, 0) is 6.54 Å². The zero-order valence-electron chi connectivity index (χ0n) is 9.57. The van der Waals surface area contributed by atoms with E-state index in [1.165, 1.54) is 0 Å². The first kappa shape index (κ1) is 10.8. The van der Waals surface area contributed by atoms with Gasteiger partial charge in [-0.15, -0.1) is 0 Å². The van der Waals surface area contributed by atoms with Crippen molar-refractivity contribution in [2.24, 2.45) is 0 Å². The molecule has 3 nitrogen and oxygen atoms in total. The molecule has 1 aromatic heterocycles. The average Bonchev–Trinajstić information content (AvgIpc) is 2.33. The predicted molar refractivity (Wildman–Crippen MR) is 65.0 cm³/mol. The van der Waals surface area contributed by atoms with Crippen molar-refractivity contribution < 1.29 is 0 Å². The van der Waals surface area contributed by atoms with Crippen LogP contribution < -0.4 is 5.32 Å². The Hall–Kier alpha value is -1.74. The second kappa shape index (κ2) is 4.86. The topological polar surface area (TPSA) is 37.8 Å². The van der Waals surface area contributed by atoms with Crippen LogP contribution in [0.4, 0.5) is 0 Å². The molecular weight excluding hydrogens is 198 g/mol. The second-order valence-electron chi connectivity index (χ2n) is 3.69. The summed E-state index contributed by atoms with van der Waals surface area (Å²) >= 11 is 0. The minimum absolute atomic E-state index is 0.772. The van der Waals surface area contributed by atoms with E-state index >= 15 is 0 Å². The molecule has 1 aromatic carbocycles. The molecule has 0 saturated carbocycles. The quantitative estimate of drug-likeness (QED) is 0.849. The standard InChI is InChI=1S/C13H15N3/c1-10-12(8-14-2)15-9-16-13(10)11-6-4-3-5-7-11/h3-7,9,14H,8H2,1-2H3. The summed E-state index contributed by atoms with van der Waals surface area (Å²) in [5.41, 5.74) is 4.35. The van der Waals surface area contributed by atoms with E-state index in [4.69, 9.17) is 0 Å². The van der Waals surface area contributed by atoms with E-state index in [1.54, 1.807) is 6.33 Å². The summed E-state index contributed by atoms with van der Waals surface area (Å²) in [4.78, 5) is 8.63. The van der Waals surface area contributed by atoms with Crippen molar-refractivity contribution in [3.8, 4) is 11.3 Å². The molecule has 2 rings (SSSR count). The van der Waals surface area contributed by atoms with Gasteiger partial charge in [-0.25, -0.2) is 9.97 Å². The highest BCUT2D eigenvalue weighted by Gasteiger charge is 2.07. The molecule has 0 amide bonds. The van der Waals surface area contributed by atoms with Gasteiger partial charge in [0.05, 0.1) is 11.4 Å². The van der Waals surface area contributed by atoms with Crippen molar-refractivity contribution in [3.63, 3.8) is 0 Å². The molecular formula is C13H15N3. The van der Waals surface area contributed by atoms with Crippen LogP contribution in [0.15, 0.2) is 36.7 Å². The monoisotopic (exact) mass is 213 g/mol. The van der Waals surface area contributed by atoms with E-state index in [0.717, 1.165) is 29.1 Å². The molecule has 0 aliphatic carbocycles. The molecule has 0 aliphatic rings. The van der Waals surface area contributed by atoms with Crippen molar-refractivity contribution in [1.29, 1.82) is 0 Å². The van der Waals surface area contributed by atoms with Crippen molar-refractivity contribution in [2.75, 3.05) is 7.05 Å². The van der Waals surface area contributed by atoms with Gasteiger partial charge in [0, 0.05) is 12.1 Å². The Balaban J connectivity index is 2.46. The summed E-state index contributed by atoms with van der Waals surface area (Å²) in [6.45, 7) is 2.84. The fourth-order valence-corrected chi connectivity index (χ4v) is 1.72. The Kier molecular flexibility index (Phi) is 3.27. The number of benzene rings is 1. The zero-order chi connectivity index (χ0) is 11.4. The SMILES string of the molecule is CNCc1ncnc(-c2ccccc2)c1C. The normalized spacial score (nSPS) is 10.4. The van der Waals surface area contributed by atoms with E-state index in [-0.39, 0.29) is 0 Å². The number of aromatic nitrogens is 2. The highest BCUT2D eigenvalue weighted by molar-refractivity contribution is 5.63. The summed E-state index contributed by atoms with van der Waals surface area (Å²) in [6, 6.07) is 10.2. The van der Waals surface area contributed by atoms with Crippen LogP contribution in [0.2, 0.25) is 0 Å². The van der Waals surface area contributed by atoms with Gasteiger partial charge in [0.1, 0.15) is 6.33 Å². The lowest BCUT2D eigenvalue weighted by molar-refractivity contribution is 0.779. The van der Waals surface area contributed by atoms with Gasteiger partial charge in [-0.05, 0) is 19.5 Å². The molecule has 0 unspecified atom stereocenters. The molecule has 3 heteroatoms. The predicted octanol–water partition coefficient (Wildman–Crippen LogP) is 2.17. The minimum Gasteiger partial charge on any atom is -0.314 e. The third kappa shape index (κ3) is 2.09. The highest BCUT2D eigenvalue weighted by atomic mass is 14.9. The molecule has 0 aliphatic heterocycles. The number of rotatable bonds is 3. The molecule has 0 atom stereocenters. The Morgan fingerprint density at radius 3 is 2.56 bits per heavy atom. The van der Waals surface area contributed by atoms with Gasteiger partial charge in [-0.3, -0.25) is 0 Å². The summed E-state index contributed by atoms with van der Waals surface area (Å²) < 4.78 is 0. The number of hydrogen-bond acceptors (Lipinski definition) is 3. The van der Waals surface area contributed by atoms with Crippen LogP contribution in [0.25, 0.3) is 11.3 Å². The summed E-state index contributed by atoms with van der Waals surface area (Å²) in [6.07, 6.45) is 1.63. The molecule has 1 N–H and O–H groups in total. The molecule has 1 heterocycles. The van der Waals surface area contributed by atoms with Crippen molar-refractivity contribution in [2.45, 2.75) is 13.5 Å². The highest BCUT2D eigenvalue weighted by Crippen LogP contribution is 2.21. The lowest BCUT2D eigenvalue weighted by Gasteiger charge is -2.08. The first-order chi connectivity index (χ1) is 7.83. The molecule has 0 fully saturated rings. The van der Waals surface area contributed by atoms with Gasteiger partial charge in [0.25, 0.3) is 0 Å². The molecule has 82 valence electrons. The van der Waals surface area contributed by atoms with Crippen LogP contribution in [-0.4, -0.2) is 17.0 Å². The molecule has 0 saturated heterocycles. The smallest absolute Gasteiger partial charge is 0.116 e. The molecule has 0 spiro atoms. The van der Waals surface area contributed by atoms with Crippen molar-refractivity contribution >= 4 is 0 Å². The van der Waals surface area contributed by atoms with E-state index in [1.807, 2.05) is 25.2 Å². The third-order valence-electron chi connectivity index (χ3n) is 2.58. The average molecular weight is 213 g/mol. The van der Waals surface area contributed by atoms with Gasteiger partial charge in [0.2, 0.25) is 0 Å². The van der Waals surface area contributed by atoms with Crippen molar-refractivity contribution in [1.82, 2.24) is 15.3 Å². The number of nitrogens with zero attached hydrogens (tertiary/aromatic N) is 2. The summed E-state index contributed by atoms with van der Waals surface area (Å²) in [5.74, 6) is 0. The Morgan fingerprint density at radius 1 is 1.12 bits per heavy atom. The van der Waals surface area contributed by atoms with Gasteiger partial charge >= 0.3 is 0 Å². The van der Waals surface area contributed by atoms with Crippen LogP contribution in [0, 0.1) is 6.92 Å². The first-order valence-electron chi connectivity index (χ1n) is 5.33. The minimum atomic E-state index is 0.772. The van der Waals surface area contributed by atoms with Gasteiger partial charge in [-0.2, -0.15) is 0 Å². The molecule has 0 radical (unpaired) electrons. The number of nitrogens with one attached hydrogen (secondary N) is 1. The maximum absolute atomic E-state index is 4.35. The number of hydrogen-bond donors (Lipinski definition) is 1. The fraction of sp³-hybridized carbons (Fsp3) is 0.231. The molecule has 0 bridgehead atoms. The Morgan fingerprint density at radius 2 is 1.88 bits per heavy atom. The van der Waals surface area contributed by atoms with Gasteiger partial charge in [-0.1, -0.05) is 30.3 Å². The van der Waals surface area contributed by atoms with E-state index in [9.17, 15) is 0 Å². The van der Waals surface area contributed by atoms with Gasteiger partial charge < -0.3 is 5.32 Å². The van der Waals surface area contributed by atoms with Crippen LogP contribution in [0.5, 0.6) is 0 Å². The summed E-state index contributed by atoms with van der Waals surface area (Å²) in [7, 11) is 1.92. The van der Waals surface area contributed by atoms with Crippen LogP contribution in [0.3, 0.4) is 0 Å².